The molecule has 2 nitrogen and oxygen atoms in total. The molecule has 0 bridgehead atoms. The number of hydrogen-bond donors (Lipinski definition) is 1. The first-order valence-corrected chi connectivity index (χ1v) is 8.03. The summed E-state index contributed by atoms with van der Waals surface area (Å²) in [6, 6.07) is 3.63. The van der Waals surface area contributed by atoms with E-state index in [1.54, 1.807) is 11.8 Å². The highest BCUT2D eigenvalue weighted by molar-refractivity contribution is 8.00. The van der Waals surface area contributed by atoms with Crippen molar-refractivity contribution in [3.8, 4) is 0 Å². The molecule has 1 aliphatic carbocycles. The monoisotopic (exact) mass is 317 g/mol. The summed E-state index contributed by atoms with van der Waals surface area (Å²) in [5, 5.41) is 0.373. The van der Waals surface area contributed by atoms with Gasteiger partial charge in [-0.25, -0.2) is 0 Å². The molecule has 1 saturated carbocycles. The van der Waals surface area contributed by atoms with Crippen molar-refractivity contribution in [1.29, 1.82) is 0 Å². The molecule has 1 saturated heterocycles. The zero-order valence-electron chi connectivity index (χ0n) is 11.6. The number of anilines is 1. The van der Waals surface area contributed by atoms with Gasteiger partial charge in [0.25, 0.3) is 0 Å². The molecule has 0 amide bonds. The van der Waals surface area contributed by atoms with E-state index in [2.05, 4.69) is 0 Å². The number of alkyl halides is 3. The van der Waals surface area contributed by atoms with E-state index in [9.17, 15) is 13.2 Å². The summed E-state index contributed by atoms with van der Waals surface area (Å²) in [4.78, 5) is 0.740. The summed E-state index contributed by atoms with van der Waals surface area (Å²) in [5.74, 6) is 0. The highest BCUT2D eigenvalue weighted by Gasteiger charge is 2.42. The first-order chi connectivity index (χ1) is 9.88. The van der Waals surface area contributed by atoms with Crippen LogP contribution in [0.1, 0.15) is 37.7 Å². The molecule has 1 aromatic carbocycles. The van der Waals surface area contributed by atoms with E-state index >= 15 is 0 Å². The van der Waals surface area contributed by atoms with Gasteiger partial charge in [0.2, 0.25) is 0 Å². The molecule has 21 heavy (non-hydrogen) atoms. The second-order valence-electron chi connectivity index (χ2n) is 5.87. The molecular weight excluding hydrogens is 299 g/mol. The van der Waals surface area contributed by atoms with Crippen LogP contribution in [-0.2, 0) is 10.9 Å². The number of halogens is 3. The Hall–Kier alpha value is -0.880. The Morgan fingerprint density at radius 3 is 2.62 bits per heavy atom. The van der Waals surface area contributed by atoms with Crippen molar-refractivity contribution in [3.63, 3.8) is 0 Å². The van der Waals surface area contributed by atoms with E-state index < -0.39 is 11.7 Å². The van der Waals surface area contributed by atoms with E-state index in [0.29, 0.717) is 5.25 Å². The molecule has 3 rings (SSSR count). The number of nitrogens with two attached hydrogens (primary N) is 1. The summed E-state index contributed by atoms with van der Waals surface area (Å²) in [5.41, 5.74) is 5.36. The summed E-state index contributed by atoms with van der Waals surface area (Å²) in [6.45, 7) is 0.734. The minimum atomic E-state index is -4.34. The van der Waals surface area contributed by atoms with Crippen molar-refractivity contribution in [2.45, 2.75) is 54.0 Å². The van der Waals surface area contributed by atoms with E-state index in [1.165, 1.54) is 12.5 Å². The average molecular weight is 317 g/mol. The maximum Gasteiger partial charge on any atom is 0.416 e. The second-order valence-corrected chi connectivity index (χ2v) is 7.21. The second kappa shape index (κ2) is 5.39. The van der Waals surface area contributed by atoms with Gasteiger partial charge in [-0.05, 0) is 50.3 Å². The molecule has 1 aromatic rings. The predicted octanol–water partition coefficient (Wildman–Crippen LogP) is 4.48. The number of thioether (sulfide) groups is 1. The Morgan fingerprint density at radius 1 is 1.29 bits per heavy atom. The van der Waals surface area contributed by atoms with Crippen LogP contribution in [-0.4, -0.2) is 17.5 Å². The van der Waals surface area contributed by atoms with E-state index in [0.717, 1.165) is 49.3 Å². The summed E-state index contributed by atoms with van der Waals surface area (Å²) in [6.07, 6.45) is 0.968. The highest BCUT2D eigenvalue weighted by atomic mass is 32.2. The summed E-state index contributed by atoms with van der Waals surface area (Å²) < 4.78 is 43.8. The third-order valence-electron chi connectivity index (χ3n) is 4.34. The van der Waals surface area contributed by atoms with Crippen LogP contribution in [0.25, 0.3) is 0 Å². The van der Waals surface area contributed by atoms with Crippen LogP contribution in [0.2, 0.25) is 0 Å². The topological polar surface area (TPSA) is 35.2 Å². The lowest BCUT2D eigenvalue weighted by Gasteiger charge is -2.47. The van der Waals surface area contributed by atoms with Gasteiger partial charge in [-0.15, -0.1) is 11.8 Å². The normalized spacial score (nSPS) is 24.8. The third-order valence-corrected chi connectivity index (χ3v) is 5.70. The highest BCUT2D eigenvalue weighted by Crippen LogP contribution is 2.47. The van der Waals surface area contributed by atoms with Crippen LogP contribution in [0.15, 0.2) is 23.1 Å². The van der Waals surface area contributed by atoms with Crippen LogP contribution in [0.3, 0.4) is 0 Å². The van der Waals surface area contributed by atoms with Crippen molar-refractivity contribution in [2.75, 3.05) is 12.3 Å². The number of hydrogen-bond acceptors (Lipinski definition) is 3. The van der Waals surface area contributed by atoms with Gasteiger partial charge in [-0.3, -0.25) is 0 Å². The molecule has 1 unspecified atom stereocenters. The number of benzene rings is 1. The van der Waals surface area contributed by atoms with Crippen LogP contribution >= 0.6 is 11.8 Å². The van der Waals surface area contributed by atoms with Gasteiger partial charge < -0.3 is 10.5 Å². The lowest BCUT2D eigenvalue weighted by molar-refractivity contribution is -0.137. The zero-order valence-corrected chi connectivity index (χ0v) is 12.4. The summed E-state index contributed by atoms with van der Waals surface area (Å²) >= 11 is 1.59. The average Bonchev–Trinajstić information content (AvgIpc) is 2.38. The van der Waals surface area contributed by atoms with Crippen molar-refractivity contribution < 1.29 is 17.9 Å². The Kier molecular flexibility index (Phi) is 3.86. The molecule has 1 atom stereocenters. The predicted molar refractivity (Wildman–Crippen MR) is 77.3 cm³/mol. The van der Waals surface area contributed by atoms with Crippen LogP contribution < -0.4 is 5.73 Å². The molecule has 2 aliphatic rings. The number of rotatable bonds is 2. The Labute approximate surface area is 126 Å². The first-order valence-electron chi connectivity index (χ1n) is 7.15. The first kappa shape index (κ1) is 15.0. The molecule has 2 fully saturated rings. The minimum absolute atomic E-state index is 0.0383. The Bertz CT molecular complexity index is 528. The van der Waals surface area contributed by atoms with E-state index in [4.69, 9.17) is 10.5 Å². The van der Waals surface area contributed by atoms with Gasteiger partial charge in [0.05, 0.1) is 11.2 Å². The van der Waals surface area contributed by atoms with Crippen LogP contribution in [0, 0.1) is 0 Å². The van der Waals surface area contributed by atoms with Gasteiger partial charge in [0, 0.05) is 22.4 Å². The molecule has 116 valence electrons. The molecule has 2 N–H and O–H groups in total. The molecule has 6 heteroatoms. The maximum absolute atomic E-state index is 12.6. The fourth-order valence-electron chi connectivity index (χ4n) is 3.01. The molecular formula is C15H18F3NOS. The van der Waals surface area contributed by atoms with Gasteiger partial charge in [0.1, 0.15) is 0 Å². The Balaban J connectivity index is 1.70. The van der Waals surface area contributed by atoms with Crippen molar-refractivity contribution >= 4 is 17.4 Å². The molecule has 1 spiro atoms. The zero-order chi connectivity index (χ0) is 15.1. The van der Waals surface area contributed by atoms with E-state index in [-0.39, 0.29) is 11.3 Å². The lowest BCUT2D eigenvalue weighted by atomic mass is 9.75. The largest absolute Gasteiger partial charge is 0.416 e. The van der Waals surface area contributed by atoms with Gasteiger partial charge in [-0.1, -0.05) is 0 Å². The van der Waals surface area contributed by atoms with Gasteiger partial charge in [-0.2, -0.15) is 13.2 Å². The van der Waals surface area contributed by atoms with Gasteiger partial charge in [0.15, 0.2) is 0 Å². The van der Waals surface area contributed by atoms with Crippen molar-refractivity contribution in [3.05, 3.63) is 23.8 Å². The van der Waals surface area contributed by atoms with Crippen LogP contribution in [0.4, 0.5) is 18.9 Å². The van der Waals surface area contributed by atoms with Crippen LogP contribution in [0.5, 0.6) is 0 Å². The summed E-state index contributed by atoms with van der Waals surface area (Å²) in [7, 11) is 0. The fourth-order valence-corrected chi connectivity index (χ4v) is 4.32. The van der Waals surface area contributed by atoms with Crippen molar-refractivity contribution in [2.24, 2.45) is 0 Å². The van der Waals surface area contributed by atoms with Gasteiger partial charge >= 0.3 is 6.18 Å². The minimum Gasteiger partial charge on any atom is -0.398 e. The third kappa shape index (κ3) is 3.16. The number of nitrogen functional groups attached to an aromatic ring is 1. The maximum atomic E-state index is 12.6. The molecule has 0 radical (unpaired) electrons. The molecule has 0 aromatic heterocycles. The molecule has 1 heterocycles. The fraction of sp³-hybridized carbons (Fsp3) is 0.600. The quantitative estimate of drug-likeness (QED) is 0.817. The van der Waals surface area contributed by atoms with E-state index in [1.807, 2.05) is 0 Å². The smallest absolute Gasteiger partial charge is 0.398 e. The van der Waals surface area contributed by atoms with Crippen molar-refractivity contribution in [1.82, 2.24) is 0 Å². The molecule has 1 aliphatic heterocycles. The number of ether oxygens (including phenoxy) is 1. The Morgan fingerprint density at radius 2 is 2.05 bits per heavy atom. The lowest BCUT2D eigenvalue weighted by Crippen LogP contribution is -2.46. The SMILES string of the molecule is Nc1cc(C(F)(F)F)ccc1SC1CCOC2(CCC2)C1. The standard InChI is InChI=1S/C15H18F3NOS/c16-15(17,18)10-2-3-13(12(19)8-10)21-11-4-7-20-14(9-11)5-1-6-14/h2-3,8,11H,1,4-7,9,19H2.